The van der Waals surface area contributed by atoms with E-state index in [1.165, 1.54) is 0 Å². The minimum atomic E-state index is -2.25. The highest BCUT2D eigenvalue weighted by Gasteiger charge is 2.59. The fourth-order valence-electron chi connectivity index (χ4n) is 4.46. The molecule has 1 fully saturated rings. The van der Waals surface area contributed by atoms with Crippen molar-refractivity contribution in [2.45, 2.75) is 63.2 Å². The Bertz CT molecular complexity index is 1210. The molecule has 3 aromatic rings. The van der Waals surface area contributed by atoms with Gasteiger partial charge in [-0.2, -0.15) is 0 Å². The molecule has 1 saturated heterocycles. The summed E-state index contributed by atoms with van der Waals surface area (Å²) in [4.78, 5) is 26.4. The summed E-state index contributed by atoms with van der Waals surface area (Å²) in [5.74, 6) is -1.26. The van der Waals surface area contributed by atoms with E-state index in [1.807, 2.05) is 50.0 Å². The first-order valence-electron chi connectivity index (χ1n) is 12.7. The van der Waals surface area contributed by atoms with Crippen LogP contribution in [0.1, 0.15) is 33.2 Å². The molecule has 3 aromatic carbocycles. The molecule has 0 aromatic heterocycles. The van der Waals surface area contributed by atoms with Gasteiger partial charge in [-0.05, 0) is 56.4 Å². The second kappa shape index (κ2) is 11.6. The van der Waals surface area contributed by atoms with Crippen molar-refractivity contribution >= 4 is 20.3 Å². The molecule has 38 heavy (non-hydrogen) atoms. The van der Waals surface area contributed by atoms with Crippen LogP contribution in [0, 0.1) is 0 Å². The number of rotatable bonds is 8. The normalized spacial score (nSPS) is 25.4. The fraction of sp³-hybridized carbons (Fsp3) is 0.333. The van der Waals surface area contributed by atoms with Gasteiger partial charge < -0.3 is 23.7 Å². The monoisotopic (exact) mass is 534 g/mol. The lowest BCUT2D eigenvalue weighted by Gasteiger charge is -2.51. The number of carbonyl (C=O) groups excluding carboxylic acids is 2. The van der Waals surface area contributed by atoms with Crippen LogP contribution in [-0.4, -0.2) is 55.6 Å². The molecule has 1 heterocycles. The van der Waals surface area contributed by atoms with Gasteiger partial charge in [-0.3, -0.25) is 0 Å². The van der Waals surface area contributed by atoms with Crippen molar-refractivity contribution in [3.63, 3.8) is 0 Å². The first-order valence-corrected chi connectivity index (χ1v) is 16.1. The summed E-state index contributed by atoms with van der Waals surface area (Å²) in [7, 11) is -2.25. The molecule has 0 amide bonds. The fourth-order valence-corrected chi connectivity index (χ4v) is 5.36. The van der Waals surface area contributed by atoms with Crippen LogP contribution in [-0.2, 0) is 25.1 Å². The molecule has 0 bridgehead atoms. The molecule has 1 unspecified atom stereocenters. The van der Waals surface area contributed by atoms with Crippen LogP contribution in [0.3, 0.4) is 0 Å². The molecule has 5 atom stereocenters. The number of hydrogen-bond donors (Lipinski definition) is 1. The van der Waals surface area contributed by atoms with Crippen molar-refractivity contribution in [2.75, 3.05) is 0 Å². The molecule has 0 aliphatic carbocycles. The van der Waals surface area contributed by atoms with E-state index in [-0.39, 0.29) is 6.42 Å². The van der Waals surface area contributed by atoms with Gasteiger partial charge in [0.25, 0.3) is 0 Å². The Morgan fingerprint density at radius 2 is 1.29 bits per heavy atom. The lowest BCUT2D eigenvalue weighted by molar-refractivity contribution is -0.314. The lowest BCUT2D eigenvalue weighted by atomic mass is 9.81. The first-order chi connectivity index (χ1) is 18.1. The van der Waals surface area contributed by atoms with Crippen LogP contribution in [0.4, 0.5) is 0 Å². The van der Waals surface area contributed by atoms with Gasteiger partial charge in [0.05, 0.1) is 17.2 Å². The third-order valence-corrected chi connectivity index (χ3v) is 7.21. The Hall–Kier alpha value is -3.30. The highest BCUT2D eigenvalue weighted by Crippen LogP contribution is 2.39. The Balaban J connectivity index is 1.76. The Labute approximate surface area is 224 Å². The second-order valence-corrected chi connectivity index (χ2v) is 14.9. The summed E-state index contributed by atoms with van der Waals surface area (Å²) in [5, 5.41) is 12.4. The molecule has 4 rings (SSSR count). The van der Waals surface area contributed by atoms with E-state index >= 15 is 0 Å². The molecular formula is C30H34O7Si. The number of esters is 2. The molecule has 0 spiro atoms. The summed E-state index contributed by atoms with van der Waals surface area (Å²) in [6.07, 6.45) is -4.21. The standard InChI is InChI=1S/C30H34O7Si/c1-21-25(35-27(31)23-16-10-6-11-17-23)26(36-28(32)24-18-12-7-13-19-24)30(33,20-22-14-8-5-9-15-22)29(34-21)37-38(2,3)4/h5-19,21,25-26,29,33H,20H2,1-4H3/t21-,25+,26+,29?,30-/m0/s1. The Morgan fingerprint density at radius 3 is 1.79 bits per heavy atom. The van der Waals surface area contributed by atoms with Crippen molar-refractivity contribution in [3.05, 3.63) is 108 Å². The van der Waals surface area contributed by atoms with Gasteiger partial charge in [0.1, 0.15) is 0 Å². The van der Waals surface area contributed by atoms with E-state index in [2.05, 4.69) is 0 Å². The minimum Gasteiger partial charge on any atom is -0.452 e. The van der Waals surface area contributed by atoms with Crippen molar-refractivity contribution in [2.24, 2.45) is 0 Å². The van der Waals surface area contributed by atoms with Crippen molar-refractivity contribution < 1.29 is 33.3 Å². The van der Waals surface area contributed by atoms with Crippen LogP contribution in [0.5, 0.6) is 0 Å². The number of ether oxygens (including phenoxy) is 3. The average Bonchev–Trinajstić information content (AvgIpc) is 2.90. The van der Waals surface area contributed by atoms with Gasteiger partial charge in [-0.1, -0.05) is 66.7 Å². The highest BCUT2D eigenvalue weighted by molar-refractivity contribution is 6.69. The molecule has 1 N–H and O–H groups in total. The maximum absolute atomic E-state index is 13.3. The molecule has 7 nitrogen and oxygen atoms in total. The van der Waals surface area contributed by atoms with Crippen LogP contribution in [0.2, 0.25) is 19.6 Å². The summed E-state index contributed by atoms with van der Waals surface area (Å²) < 4.78 is 24.5. The quantitative estimate of drug-likeness (QED) is 0.321. The third kappa shape index (κ3) is 6.57. The van der Waals surface area contributed by atoms with Gasteiger partial charge in [0.2, 0.25) is 0 Å². The second-order valence-electron chi connectivity index (χ2n) is 10.5. The molecule has 1 aliphatic heterocycles. The van der Waals surface area contributed by atoms with Crippen LogP contribution >= 0.6 is 0 Å². The average molecular weight is 535 g/mol. The summed E-state index contributed by atoms with van der Waals surface area (Å²) in [6.45, 7) is 7.67. The largest absolute Gasteiger partial charge is 0.452 e. The van der Waals surface area contributed by atoms with E-state index in [4.69, 9.17) is 18.6 Å². The maximum atomic E-state index is 13.3. The smallest absolute Gasteiger partial charge is 0.338 e. The minimum absolute atomic E-state index is 0.0435. The number of hydrogen-bond acceptors (Lipinski definition) is 7. The maximum Gasteiger partial charge on any atom is 0.338 e. The van der Waals surface area contributed by atoms with E-state index in [1.54, 1.807) is 67.6 Å². The topological polar surface area (TPSA) is 91.3 Å². The van der Waals surface area contributed by atoms with Crippen LogP contribution in [0.25, 0.3) is 0 Å². The molecule has 8 heteroatoms. The number of carbonyl (C=O) groups is 2. The summed E-state index contributed by atoms with van der Waals surface area (Å²) in [6, 6.07) is 26.3. The van der Waals surface area contributed by atoms with E-state index in [9.17, 15) is 14.7 Å². The SMILES string of the molecule is C[C@@H]1OC(O[Si](C)(C)C)[C@](O)(Cc2ccccc2)[C@H](OC(=O)c2ccccc2)[C@@H]1OC(=O)c1ccccc1. The molecular weight excluding hydrogens is 500 g/mol. The Morgan fingerprint density at radius 1 is 0.816 bits per heavy atom. The zero-order valence-electron chi connectivity index (χ0n) is 22.1. The van der Waals surface area contributed by atoms with E-state index in [0.717, 1.165) is 5.56 Å². The van der Waals surface area contributed by atoms with Crippen molar-refractivity contribution in [1.82, 2.24) is 0 Å². The molecule has 200 valence electrons. The van der Waals surface area contributed by atoms with Gasteiger partial charge in [0, 0.05) is 6.42 Å². The number of aliphatic hydroxyl groups is 1. The third-order valence-electron chi connectivity index (χ3n) is 6.29. The highest BCUT2D eigenvalue weighted by atomic mass is 28.4. The number of benzene rings is 3. The Kier molecular flexibility index (Phi) is 8.47. The van der Waals surface area contributed by atoms with Crippen LogP contribution < -0.4 is 0 Å². The van der Waals surface area contributed by atoms with E-state index in [0.29, 0.717) is 11.1 Å². The van der Waals surface area contributed by atoms with Crippen LogP contribution in [0.15, 0.2) is 91.0 Å². The molecule has 0 radical (unpaired) electrons. The molecule has 1 aliphatic rings. The molecule has 0 saturated carbocycles. The van der Waals surface area contributed by atoms with Crippen molar-refractivity contribution in [1.29, 1.82) is 0 Å². The predicted molar refractivity (Wildman–Crippen MR) is 145 cm³/mol. The summed E-state index contributed by atoms with van der Waals surface area (Å²) >= 11 is 0. The zero-order chi connectivity index (χ0) is 27.3. The van der Waals surface area contributed by atoms with E-state index < -0.39 is 50.5 Å². The summed E-state index contributed by atoms with van der Waals surface area (Å²) in [5.41, 5.74) is -0.434. The zero-order valence-corrected chi connectivity index (χ0v) is 23.1. The van der Waals surface area contributed by atoms with Gasteiger partial charge in [-0.25, -0.2) is 9.59 Å². The predicted octanol–water partition coefficient (Wildman–Crippen LogP) is 5.01. The van der Waals surface area contributed by atoms with Gasteiger partial charge >= 0.3 is 11.9 Å². The first kappa shape index (κ1) is 27.7. The van der Waals surface area contributed by atoms with Gasteiger partial charge in [-0.15, -0.1) is 0 Å². The van der Waals surface area contributed by atoms with Gasteiger partial charge in [0.15, 0.2) is 32.4 Å². The van der Waals surface area contributed by atoms with Crippen molar-refractivity contribution in [3.8, 4) is 0 Å². The lowest BCUT2D eigenvalue weighted by Crippen LogP contribution is -2.69.